The van der Waals surface area contributed by atoms with Crippen LogP contribution in [0.4, 0.5) is 5.82 Å². The van der Waals surface area contributed by atoms with Gasteiger partial charge in [0.2, 0.25) is 5.62 Å². The number of aliphatic hydroxyl groups is 1. The monoisotopic (exact) mass is 468 g/mol. The molecule has 0 unspecified atom stereocenters. The molecule has 0 aliphatic carbocycles. The van der Waals surface area contributed by atoms with Gasteiger partial charge in [0.1, 0.15) is 18.9 Å². The van der Waals surface area contributed by atoms with Gasteiger partial charge in [-0.25, -0.2) is 4.68 Å². The molecule has 2 aromatic heterocycles. The van der Waals surface area contributed by atoms with Crippen LogP contribution in [-0.2, 0) is 12.0 Å². The minimum atomic E-state index is -0.191. The standard InChI is InChI=1S/C25H36N6O3/c1-8-29(9-2)22-16(3)17(4)23-27-30(24(26)31(23)28-22)15-21(33)18-12-19(25(5,6)7)14-20(13-18)34-11-10-32/h12-14,26,32H,8-11,15H2,1-7H3. The molecule has 0 spiro atoms. The number of benzene rings is 1. The fourth-order valence-corrected chi connectivity index (χ4v) is 3.85. The summed E-state index contributed by atoms with van der Waals surface area (Å²) in [5.41, 5.74) is 3.81. The molecule has 0 fully saturated rings. The molecule has 0 aliphatic heterocycles. The van der Waals surface area contributed by atoms with Crippen molar-refractivity contribution in [1.82, 2.24) is 19.4 Å². The first-order chi connectivity index (χ1) is 16.0. The number of ether oxygens (including phenoxy) is 1. The highest BCUT2D eigenvalue weighted by Gasteiger charge is 2.21. The SMILES string of the molecule is CCN(CC)c1nn2c(=N)n(CC(=O)c3cc(OCCO)cc(C(C)(C)C)c3)nc2c(C)c1C. The number of aliphatic hydroxyl groups excluding tert-OH is 1. The number of nitrogens with one attached hydrogen (secondary N) is 1. The van der Waals surface area contributed by atoms with E-state index in [9.17, 15) is 4.79 Å². The number of fused-ring (bicyclic) bond motifs is 1. The van der Waals surface area contributed by atoms with Crippen molar-refractivity contribution in [2.75, 3.05) is 31.2 Å². The molecule has 0 aliphatic rings. The number of carbonyl (C=O) groups excluding carboxylic acids is 1. The van der Waals surface area contributed by atoms with E-state index < -0.39 is 0 Å². The van der Waals surface area contributed by atoms with Gasteiger partial charge in [-0.2, -0.15) is 4.52 Å². The van der Waals surface area contributed by atoms with Gasteiger partial charge in [-0.15, -0.1) is 10.2 Å². The number of aryl methyl sites for hydroxylation is 1. The minimum Gasteiger partial charge on any atom is -0.491 e. The predicted molar refractivity (Wildman–Crippen MR) is 132 cm³/mol. The van der Waals surface area contributed by atoms with Gasteiger partial charge in [-0.05, 0) is 56.9 Å². The first-order valence-corrected chi connectivity index (χ1v) is 11.7. The fraction of sp³-hybridized carbons (Fsp3) is 0.520. The Morgan fingerprint density at radius 2 is 1.79 bits per heavy atom. The highest BCUT2D eigenvalue weighted by atomic mass is 16.5. The zero-order valence-electron chi connectivity index (χ0n) is 21.3. The maximum atomic E-state index is 13.3. The van der Waals surface area contributed by atoms with Crippen LogP contribution in [0.2, 0.25) is 0 Å². The summed E-state index contributed by atoms with van der Waals surface area (Å²) in [4.78, 5) is 15.4. The molecule has 34 heavy (non-hydrogen) atoms. The van der Waals surface area contributed by atoms with Crippen molar-refractivity contribution >= 4 is 17.2 Å². The second kappa shape index (κ2) is 9.97. The van der Waals surface area contributed by atoms with E-state index in [4.69, 9.17) is 15.3 Å². The van der Waals surface area contributed by atoms with Crippen molar-refractivity contribution in [2.24, 2.45) is 0 Å². The van der Waals surface area contributed by atoms with Gasteiger partial charge >= 0.3 is 0 Å². The van der Waals surface area contributed by atoms with Crippen LogP contribution < -0.4 is 15.3 Å². The number of nitrogens with zero attached hydrogens (tertiary/aromatic N) is 5. The summed E-state index contributed by atoms with van der Waals surface area (Å²) in [6, 6.07) is 5.44. The third-order valence-corrected chi connectivity index (χ3v) is 6.10. The van der Waals surface area contributed by atoms with E-state index in [1.807, 2.05) is 26.0 Å². The molecule has 0 saturated carbocycles. The summed E-state index contributed by atoms with van der Waals surface area (Å²) in [6.45, 7) is 15.9. The van der Waals surface area contributed by atoms with E-state index in [1.165, 1.54) is 9.20 Å². The summed E-state index contributed by atoms with van der Waals surface area (Å²) in [6.07, 6.45) is 0. The number of carbonyl (C=O) groups is 1. The Morgan fingerprint density at radius 1 is 1.12 bits per heavy atom. The molecule has 9 nitrogen and oxygen atoms in total. The third-order valence-electron chi connectivity index (χ3n) is 6.10. The van der Waals surface area contributed by atoms with Crippen LogP contribution in [0.1, 0.15) is 61.7 Å². The summed E-state index contributed by atoms with van der Waals surface area (Å²) < 4.78 is 8.50. The third kappa shape index (κ3) is 4.99. The van der Waals surface area contributed by atoms with Crippen LogP contribution in [0.3, 0.4) is 0 Å². The van der Waals surface area contributed by atoms with Crippen LogP contribution in [-0.4, -0.2) is 56.6 Å². The molecule has 1 aromatic carbocycles. The average Bonchev–Trinajstić information content (AvgIpc) is 3.11. The largest absolute Gasteiger partial charge is 0.491 e. The van der Waals surface area contributed by atoms with Crippen molar-refractivity contribution in [3.8, 4) is 5.75 Å². The number of Topliss-reactive ketones (excluding diaryl/α,β-unsaturated/α-hetero) is 1. The van der Waals surface area contributed by atoms with Crippen molar-refractivity contribution in [1.29, 1.82) is 5.41 Å². The molecular weight excluding hydrogens is 432 g/mol. The Morgan fingerprint density at radius 3 is 2.38 bits per heavy atom. The number of anilines is 1. The summed E-state index contributed by atoms with van der Waals surface area (Å²) >= 11 is 0. The molecule has 0 radical (unpaired) electrons. The minimum absolute atomic E-state index is 0.0450. The van der Waals surface area contributed by atoms with Gasteiger partial charge in [0, 0.05) is 29.8 Å². The normalized spacial score (nSPS) is 11.8. The van der Waals surface area contributed by atoms with Crippen LogP contribution in [0.15, 0.2) is 18.2 Å². The molecule has 0 saturated heterocycles. The number of ketones is 1. The molecule has 3 rings (SSSR count). The van der Waals surface area contributed by atoms with E-state index in [-0.39, 0.29) is 36.6 Å². The Labute approximate surface area is 200 Å². The van der Waals surface area contributed by atoms with Crippen molar-refractivity contribution < 1.29 is 14.6 Å². The predicted octanol–water partition coefficient (Wildman–Crippen LogP) is 3.02. The van der Waals surface area contributed by atoms with E-state index >= 15 is 0 Å². The van der Waals surface area contributed by atoms with Crippen LogP contribution in [0, 0.1) is 19.3 Å². The van der Waals surface area contributed by atoms with Gasteiger partial charge in [-0.1, -0.05) is 20.8 Å². The zero-order chi connectivity index (χ0) is 25.2. The maximum Gasteiger partial charge on any atom is 0.242 e. The van der Waals surface area contributed by atoms with Crippen molar-refractivity contribution in [3.63, 3.8) is 0 Å². The average molecular weight is 469 g/mol. The second-order valence-corrected chi connectivity index (χ2v) is 9.45. The van der Waals surface area contributed by atoms with E-state index in [1.54, 1.807) is 6.07 Å². The lowest BCUT2D eigenvalue weighted by atomic mass is 9.85. The van der Waals surface area contributed by atoms with Crippen LogP contribution >= 0.6 is 0 Å². The zero-order valence-corrected chi connectivity index (χ0v) is 21.3. The first kappa shape index (κ1) is 25.4. The topological polar surface area (TPSA) is 109 Å². The Balaban J connectivity index is 2.03. The lowest BCUT2D eigenvalue weighted by Crippen LogP contribution is -2.29. The molecule has 0 amide bonds. The molecular formula is C25H36N6O3. The summed E-state index contributed by atoms with van der Waals surface area (Å²) in [7, 11) is 0. The lowest BCUT2D eigenvalue weighted by Gasteiger charge is -2.22. The summed E-state index contributed by atoms with van der Waals surface area (Å²) in [5, 5.41) is 27.0. The lowest BCUT2D eigenvalue weighted by molar-refractivity contribution is 0.0965. The Kier molecular flexibility index (Phi) is 7.45. The van der Waals surface area contributed by atoms with Crippen molar-refractivity contribution in [3.05, 3.63) is 46.1 Å². The highest BCUT2D eigenvalue weighted by molar-refractivity contribution is 5.96. The molecule has 9 heteroatoms. The summed E-state index contributed by atoms with van der Waals surface area (Å²) in [5.74, 6) is 1.18. The first-order valence-electron chi connectivity index (χ1n) is 11.7. The highest BCUT2D eigenvalue weighted by Crippen LogP contribution is 2.28. The van der Waals surface area contributed by atoms with Gasteiger partial charge < -0.3 is 14.7 Å². The number of hydrogen-bond acceptors (Lipinski definition) is 7. The van der Waals surface area contributed by atoms with Gasteiger partial charge in [0.05, 0.1) is 6.61 Å². The maximum absolute atomic E-state index is 13.3. The molecule has 2 heterocycles. The van der Waals surface area contributed by atoms with Gasteiger partial charge in [0.15, 0.2) is 17.2 Å². The van der Waals surface area contributed by atoms with Gasteiger partial charge in [-0.3, -0.25) is 10.2 Å². The molecule has 0 atom stereocenters. The quantitative estimate of drug-likeness (QED) is 0.467. The second-order valence-electron chi connectivity index (χ2n) is 9.45. The number of aromatic nitrogens is 4. The Hall–Kier alpha value is -3.20. The molecule has 0 bridgehead atoms. The van der Waals surface area contributed by atoms with Crippen molar-refractivity contribution in [2.45, 2.75) is 60.4 Å². The fourth-order valence-electron chi connectivity index (χ4n) is 3.85. The van der Waals surface area contributed by atoms with Gasteiger partial charge in [0.25, 0.3) is 0 Å². The van der Waals surface area contributed by atoms with Crippen LogP contribution in [0.5, 0.6) is 5.75 Å². The van der Waals surface area contributed by atoms with E-state index in [0.717, 1.165) is 35.6 Å². The number of rotatable bonds is 9. The van der Waals surface area contributed by atoms with Crippen LogP contribution in [0.25, 0.3) is 5.65 Å². The smallest absolute Gasteiger partial charge is 0.242 e. The van der Waals surface area contributed by atoms with E-state index in [2.05, 4.69) is 49.7 Å². The number of hydrogen-bond donors (Lipinski definition) is 2. The molecule has 2 N–H and O–H groups in total. The van der Waals surface area contributed by atoms with E-state index in [0.29, 0.717) is 17.0 Å². The molecule has 3 aromatic rings. The Bertz CT molecular complexity index is 1250. The molecule has 184 valence electrons.